The van der Waals surface area contributed by atoms with Crippen molar-refractivity contribution in [2.45, 2.75) is 32.2 Å². The Hall–Kier alpha value is -3.16. The van der Waals surface area contributed by atoms with Gasteiger partial charge in [-0.3, -0.25) is 4.79 Å². The zero-order valence-electron chi connectivity index (χ0n) is 20.3. The van der Waals surface area contributed by atoms with Crippen molar-refractivity contribution in [3.8, 4) is 16.3 Å². The lowest BCUT2D eigenvalue weighted by Gasteiger charge is -2.29. The minimum Gasteiger partial charge on any atom is -0.491 e. The Bertz CT molecular complexity index is 1250. The molecule has 37 heavy (non-hydrogen) atoms. The highest BCUT2D eigenvalue weighted by Crippen LogP contribution is 2.33. The van der Waals surface area contributed by atoms with Gasteiger partial charge in [0.05, 0.1) is 29.5 Å². The molecular weight excluding hydrogens is 514 g/mol. The van der Waals surface area contributed by atoms with Gasteiger partial charge in [0.15, 0.2) is 5.69 Å². The Morgan fingerprint density at radius 3 is 2.73 bits per heavy atom. The van der Waals surface area contributed by atoms with Gasteiger partial charge in [0.2, 0.25) is 0 Å². The Kier molecular flexibility index (Phi) is 8.05. The number of hydrogen-bond donors (Lipinski definition) is 1. The SMILES string of the molecule is Cc1cnc(-c2cc(OC[C@H]3CN(C)CCO3)cc(C(=O)N[C@H](C)c3ccc(C(F)(F)F)nn3)c2F)s1. The molecule has 1 saturated heterocycles. The number of likely N-dealkylation sites (N-methyl/N-ethyl adjacent to an activating group) is 1. The molecule has 0 spiro atoms. The Balaban J connectivity index is 1.57. The number of rotatable bonds is 7. The van der Waals surface area contributed by atoms with E-state index in [4.69, 9.17) is 9.47 Å². The molecule has 3 aromatic rings. The number of hydrogen-bond acceptors (Lipinski definition) is 8. The van der Waals surface area contributed by atoms with E-state index in [-0.39, 0.29) is 35.3 Å². The molecule has 0 unspecified atom stereocenters. The van der Waals surface area contributed by atoms with Gasteiger partial charge in [0, 0.05) is 24.2 Å². The maximum absolute atomic E-state index is 15.5. The van der Waals surface area contributed by atoms with Gasteiger partial charge in [-0.25, -0.2) is 9.37 Å². The van der Waals surface area contributed by atoms with Crippen LogP contribution in [0.15, 0.2) is 30.5 Å². The monoisotopic (exact) mass is 539 g/mol. The van der Waals surface area contributed by atoms with Gasteiger partial charge in [-0.15, -0.1) is 16.4 Å². The quantitative estimate of drug-likeness (QED) is 0.449. The first kappa shape index (κ1) is 26.9. The maximum Gasteiger partial charge on any atom is 0.435 e. The molecule has 0 bridgehead atoms. The Morgan fingerprint density at radius 1 is 1.32 bits per heavy atom. The van der Waals surface area contributed by atoms with Crippen LogP contribution in [0.25, 0.3) is 10.6 Å². The summed E-state index contributed by atoms with van der Waals surface area (Å²) in [7, 11) is 1.97. The number of thiazole rings is 1. The van der Waals surface area contributed by atoms with Crippen molar-refractivity contribution in [1.82, 2.24) is 25.4 Å². The van der Waals surface area contributed by atoms with Crippen molar-refractivity contribution in [2.75, 3.05) is 33.4 Å². The normalized spacial score (nSPS) is 17.4. The molecule has 0 saturated carbocycles. The molecule has 2 atom stereocenters. The first-order valence-electron chi connectivity index (χ1n) is 11.4. The number of nitrogens with zero attached hydrogens (tertiary/aromatic N) is 4. The van der Waals surface area contributed by atoms with E-state index in [1.165, 1.54) is 30.4 Å². The van der Waals surface area contributed by atoms with Crippen molar-refractivity contribution >= 4 is 17.2 Å². The average molecular weight is 540 g/mol. The molecule has 198 valence electrons. The third kappa shape index (κ3) is 6.59. The Morgan fingerprint density at radius 2 is 2.11 bits per heavy atom. The van der Waals surface area contributed by atoms with E-state index in [9.17, 15) is 18.0 Å². The van der Waals surface area contributed by atoms with Gasteiger partial charge in [-0.1, -0.05) is 0 Å². The number of nitrogens with one attached hydrogen (secondary N) is 1. The first-order chi connectivity index (χ1) is 17.5. The topological polar surface area (TPSA) is 89.5 Å². The smallest absolute Gasteiger partial charge is 0.435 e. The highest BCUT2D eigenvalue weighted by molar-refractivity contribution is 7.14. The molecule has 13 heteroatoms. The first-order valence-corrected chi connectivity index (χ1v) is 12.2. The lowest BCUT2D eigenvalue weighted by Crippen LogP contribution is -2.42. The van der Waals surface area contributed by atoms with Crippen LogP contribution in [-0.2, 0) is 10.9 Å². The van der Waals surface area contributed by atoms with Crippen molar-refractivity contribution in [3.63, 3.8) is 0 Å². The van der Waals surface area contributed by atoms with E-state index < -0.39 is 29.6 Å². The van der Waals surface area contributed by atoms with E-state index in [0.717, 1.165) is 23.6 Å². The molecule has 2 aromatic heterocycles. The second-order valence-corrected chi connectivity index (χ2v) is 9.95. The van der Waals surface area contributed by atoms with Gasteiger partial charge in [0.25, 0.3) is 5.91 Å². The van der Waals surface area contributed by atoms with Crippen LogP contribution < -0.4 is 10.1 Å². The minimum absolute atomic E-state index is 0.0866. The predicted octanol–water partition coefficient (Wildman–Crippen LogP) is 4.27. The summed E-state index contributed by atoms with van der Waals surface area (Å²) in [4.78, 5) is 20.3. The van der Waals surface area contributed by atoms with Crippen LogP contribution in [0.3, 0.4) is 0 Å². The highest BCUT2D eigenvalue weighted by Gasteiger charge is 2.33. The summed E-state index contributed by atoms with van der Waals surface area (Å²) >= 11 is 1.26. The Labute approximate surface area is 214 Å². The van der Waals surface area contributed by atoms with Crippen LogP contribution in [0.1, 0.15) is 39.6 Å². The molecule has 1 fully saturated rings. The number of carbonyl (C=O) groups is 1. The standard InChI is InChI=1S/C24H25F4N5O3S/c1-13-10-29-23(37-13)18-9-15(36-12-16-11-33(3)6-7-35-16)8-17(21(18)25)22(34)30-14(2)19-4-5-20(32-31-19)24(26,27)28/h4-5,8-10,14,16H,6-7,11-12H2,1-3H3,(H,30,34)/t14-,16-/m1/s1. The zero-order chi connectivity index (χ0) is 26.7. The van der Waals surface area contributed by atoms with Crippen LogP contribution in [0, 0.1) is 12.7 Å². The summed E-state index contributed by atoms with van der Waals surface area (Å²) in [6.45, 7) is 5.58. The molecule has 1 amide bonds. The van der Waals surface area contributed by atoms with Crippen LogP contribution >= 0.6 is 11.3 Å². The summed E-state index contributed by atoms with van der Waals surface area (Å²) in [5.41, 5.74) is -1.26. The van der Waals surface area contributed by atoms with E-state index >= 15 is 4.39 Å². The molecule has 0 radical (unpaired) electrons. The number of alkyl halides is 3. The van der Waals surface area contributed by atoms with Crippen LogP contribution in [0.5, 0.6) is 5.75 Å². The lowest BCUT2D eigenvalue weighted by molar-refractivity contribution is -0.141. The molecule has 4 rings (SSSR count). The van der Waals surface area contributed by atoms with Gasteiger partial charge in [-0.05, 0) is 45.2 Å². The molecule has 1 aliphatic rings. The summed E-state index contributed by atoms with van der Waals surface area (Å²) < 4.78 is 65.5. The highest BCUT2D eigenvalue weighted by atomic mass is 32.1. The fourth-order valence-electron chi connectivity index (χ4n) is 3.71. The van der Waals surface area contributed by atoms with E-state index in [1.54, 1.807) is 6.20 Å². The minimum atomic E-state index is -4.63. The van der Waals surface area contributed by atoms with Crippen LogP contribution in [0.2, 0.25) is 0 Å². The summed E-state index contributed by atoms with van der Waals surface area (Å²) in [5.74, 6) is -1.33. The van der Waals surface area contributed by atoms with E-state index in [0.29, 0.717) is 18.2 Å². The third-order valence-corrected chi connectivity index (χ3v) is 6.63. The maximum atomic E-state index is 15.5. The average Bonchev–Trinajstić information content (AvgIpc) is 3.28. The lowest BCUT2D eigenvalue weighted by atomic mass is 10.1. The number of aryl methyl sites for hydroxylation is 1. The summed E-state index contributed by atoms with van der Waals surface area (Å²) in [6.07, 6.45) is -3.22. The number of aromatic nitrogens is 3. The fourth-order valence-corrected chi connectivity index (χ4v) is 4.49. The third-order valence-electron chi connectivity index (χ3n) is 5.69. The molecule has 3 heterocycles. The number of benzene rings is 1. The number of ether oxygens (including phenoxy) is 2. The molecule has 0 aliphatic carbocycles. The molecule has 1 aliphatic heterocycles. The molecular formula is C24H25F4N5O3S. The van der Waals surface area contributed by atoms with Gasteiger partial charge >= 0.3 is 6.18 Å². The van der Waals surface area contributed by atoms with Crippen molar-refractivity contribution in [1.29, 1.82) is 0 Å². The van der Waals surface area contributed by atoms with Crippen molar-refractivity contribution < 1.29 is 31.8 Å². The molecule has 8 nitrogen and oxygen atoms in total. The number of amides is 1. The molecule has 1 aromatic carbocycles. The zero-order valence-corrected chi connectivity index (χ0v) is 21.1. The van der Waals surface area contributed by atoms with Gasteiger partial charge in [0.1, 0.15) is 29.3 Å². The van der Waals surface area contributed by atoms with Crippen molar-refractivity contribution in [2.24, 2.45) is 0 Å². The predicted molar refractivity (Wildman–Crippen MR) is 128 cm³/mol. The summed E-state index contributed by atoms with van der Waals surface area (Å²) in [5, 5.41) is 9.67. The van der Waals surface area contributed by atoms with E-state index in [1.807, 2.05) is 14.0 Å². The van der Waals surface area contributed by atoms with Gasteiger partial charge < -0.3 is 19.7 Å². The fraction of sp³-hybridized carbons (Fsp3) is 0.417. The number of halogens is 4. The van der Waals surface area contributed by atoms with Gasteiger partial charge in [-0.2, -0.15) is 18.3 Å². The van der Waals surface area contributed by atoms with Crippen molar-refractivity contribution in [3.05, 3.63) is 58.1 Å². The second kappa shape index (κ2) is 11.1. The number of morpholine rings is 1. The summed E-state index contributed by atoms with van der Waals surface area (Å²) in [6, 6.07) is 3.81. The van der Waals surface area contributed by atoms with E-state index in [2.05, 4.69) is 25.4 Å². The number of carbonyl (C=O) groups excluding carboxylic acids is 1. The van der Waals surface area contributed by atoms with Crippen LogP contribution in [-0.4, -0.2) is 65.4 Å². The molecule has 1 N–H and O–H groups in total. The largest absolute Gasteiger partial charge is 0.491 e. The second-order valence-electron chi connectivity index (χ2n) is 8.71. The van der Waals surface area contributed by atoms with Crippen LogP contribution in [0.4, 0.5) is 17.6 Å².